The first-order chi connectivity index (χ1) is 12.6. The van der Waals surface area contributed by atoms with Crippen LogP contribution in [0.15, 0.2) is 42.5 Å². The van der Waals surface area contributed by atoms with Crippen LogP contribution in [0.1, 0.15) is 30.1 Å². The second-order valence-electron chi connectivity index (χ2n) is 5.90. The summed E-state index contributed by atoms with van der Waals surface area (Å²) in [6.07, 6.45) is 0.175. The molecule has 0 bridgehead atoms. The van der Waals surface area contributed by atoms with Gasteiger partial charge in [0.25, 0.3) is 0 Å². The number of ketones is 1. The molecular weight excluding hydrogens is 337 g/mol. The van der Waals surface area contributed by atoms with E-state index in [1.807, 2.05) is 6.92 Å². The first-order valence-corrected chi connectivity index (χ1v) is 8.57. The van der Waals surface area contributed by atoms with Crippen LogP contribution in [0.3, 0.4) is 0 Å². The lowest BCUT2D eigenvalue weighted by Crippen LogP contribution is -2.30. The van der Waals surface area contributed by atoms with Gasteiger partial charge < -0.3 is 14.4 Å². The molecule has 0 spiro atoms. The second-order valence-corrected chi connectivity index (χ2v) is 5.90. The second kappa shape index (κ2) is 7.99. The number of rotatable bonds is 6. The van der Waals surface area contributed by atoms with Crippen LogP contribution in [0.5, 0.6) is 11.5 Å². The Balaban J connectivity index is 1.63. The maximum Gasteiger partial charge on any atom is 0.227 e. The Morgan fingerprint density at radius 3 is 2.38 bits per heavy atom. The van der Waals surface area contributed by atoms with Crippen LogP contribution in [0.25, 0.3) is 0 Å². The first kappa shape index (κ1) is 17.9. The Labute approximate surface area is 151 Å². The molecule has 1 aliphatic rings. The van der Waals surface area contributed by atoms with Gasteiger partial charge in [0.2, 0.25) is 5.91 Å². The van der Waals surface area contributed by atoms with Crippen LogP contribution >= 0.6 is 0 Å². The smallest absolute Gasteiger partial charge is 0.227 e. The number of hydrogen-bond acceptors (Lipinski definition) is 4. The van der Waals surface area contributed by atoms with Crippen LogP contribution in [-0.2, 0) is 4.79 Å². The molecule has 0 aromatic heterocycles. The van der Waals surface area contributed by atoms with Crippen LogP contribution in [0.4, 0.5) is 10.1 Å². The van der Waals surface area contributed by atoms with E-state index in [1.165, 1.54) is 17.0 Å². The van der Waals surface area contributed by atoms with Crippen molar-refractivity contribution in [1.29, 1.82) is 0 Å². The van der Waals surface area contributed by atoms with Crippen LogP contribution in [0.2, 0.25) is 0 Å². The summed E-state index contributed by atoms with van der Waals surface area (Å²) in [6, 6.07) is 10.8. The Kier molecular flexibility index (Phi) is 5.51. The van der Waals surface area contributed by atoms with Gasteiger partial charge in [0, 0.05) is 30.6 Å². The third-order valence-electron chi connectivity index (χ3n) is 4.19. The summed E-state index contributed by atoms with van der Waals surface area (Å²) in [5.74, 6) is 0.508. The van der Waals surface area contributed by atoms with Gasteiger partial charge in [-0.1, -0.05) is 0 Å². The highest BCUT2D eigenvalue weighted by atomic mass is 19.1. The molecule has 26 heavy (non-hydrogen) atoms. The van der Waals surface area contributed by atoms with Gasteiger partial charge in [0.15, 0.2) is 17.3 Å². The Morgan fingerprint density at radius 1 is 1.00 bits per heavy atom. The fraction of sp³-hybridized carbons (Fsp3) is 0.300. The Morgan fingerprint density at radius 2 is 1.69 bits per heavy atom. The number of fused-ring (bicyclic) bond motifs is 1. The molecule has 2 aromatic rings. The third kappa shape index (κ3) is 4.02. The predicted octanol–water partition coefficient (Wildman–Crippen LogP) is 3.61. The summed E-state index contributed by atoms with van der Waals surface area (Å²) in [5.41, 5.74) is 1.11. The lowest BCUT2D eigenvalue weighted by Gasteiger charge is -2.21. The lowest BCUT2D eigenvalue weighted by molar-refractivity contribution is -0.118. The van der Waals surface area contributed by atoms with E-state index >= 15 is 0 Å². The molecule has 0 atom stereocenters. The molecule has 0 saturated carbocycles. The highest BCUT2D eigenvalue weighted by molar-refractivity contribution is 6.01. The predicted molar refractivity (Wildman–Crippen MR) is 95.4 cm³/mol. The molecule has 1 aliphatic heterocycles. The van der Waals surface area contributed by atoms with Crippen LogP contribution < -0.4 is 14.4 Å². The van der Waals surface area contributed by atoms with Crippen molar-refractivity contribution in [2.75, 3.05) is 24.7 Å². The summed E-state index contributed by atoms with van der Waals surface area (Å²) >= 11 is 0. The average molecular weight is 357 g/mol. The van der Waals surface area contributed by atoms with Gasteiger partial charge in [-0.05, 0) is 49.4 Å². The van der Waals surface area contributed by atoms with E-state index < -0.39 is 0 Å². The first-order valence-electron chi connectivity index (χ1n) is 8.57. The molecule has 0 fully saturated rings. The fourth-order valence-corrected chi connectivity index (χ4v) is 2.84. The zero-order valence-electron chi connectivity index (χ0n) is 14.5. The van der Waals surface area contributed by atoms with Crippen molar-refractivity contribution in [3.05, 3.63) is 53.8 Å². The molecule has 5 nitrogen and oxygen atoms in total. The summed E-state index contributed by atoms with van der Waals surface area (Å²) in [5, 5.41) is 0. The molecule has 0 radical (unpaired) electrons. The molecule has 2 aromatic carbocycles. The molecule has 6 heteroatoms. The van der Waals surface area contributed by atoms with Crippen molar-refractivity contribution in [3.8, 4) is 11.5 Å². The standard InChI is InChI=1S/C20H20FNO4/c1-2-22(16-6-4-15(21)5-7-16)20(24)10-8-17(23)14-3-9-18-19(13-14)26-12-11-25-18/h3-7,9,13H,2,8,10-12H2,1H3. The number of anilines is 1. The fourth-order valence-electron chi connectivity index (χ4n) is 2.84. The molecule has 3 rings (SSSR count). The normalized spacial score (nSPS) is 12.5. The van der Waals surface area contributed by atoms with Crippen LogP contribution in [0, 0.1) is 5.82 Å². The monoisotopic (exact) mass is 357 g/mol. The van der Waals surface area contributed by atoms with E-state index in [9.17, 15) is 14.0 Å². The minimum absolute atomic E-state index is 0.0818. The quantitative estimate of drug-likeness (QED) is 0.741. The van der Waals surface area contributed by atoms with Crippen molar-refractivity contribution in [1.82, 2.24) is 0 Å². The summed E-state index contributed by atoms with van der Waals surface area (Å²) in [7, 11) is 0. The van der Waals surface area contributed by atoms with E-state index in [0.29, 0.717) is 42.5 Å². The van der Waals surface area contributed by atoms with Gasteiger partial charge in [-0.2, -0.15) is 0 Å². The maximum absolute atomic E-state index is 13.0. The van der Waals surface area contributed by atoms with E-state index in [-0.39, 0.29) is 30.3 Å². The minimum Gasteiger partial charge on any atom is -0.486 e. The minimum atomic E-state index is -0.356. The highest BCUT2D eigenvalue weighted by Crippen LogP contribution is 2.31. The van der Waals surface area contributed by atoms with Gasteiger partial charge in [0.1, 0.15) is 19.0 Å². The molecule has 136 valence electrons. The Hall–Kier alpha value is -2.89. The van der Waals surface area contributed by atoms with E-state index in [2.05, 4.69) is 0 Å². The topological polar surface area (TPSA) is 55.8 Å². The van der Waals surface area contributed by atoms with Gasteiger partial charge >= 0.3 is 0 Å². The van der Waals surface area contributed by atoms with Crippen molar-refractivity contribution < 1.29 is 23.5 Å². The summed E-state index contributed by atoms with van der Waals surface area (Å²) < 4.78 is 24.0. The molecule has 0 saturated heterocycles. The lowest BCUT2D eigenvalue weighted by atomic mass is 10.1. The van der Waals surface area contributed by atoms with E-state index in [4.69, 9.17) is 9.47 Å². The van der Waals surface area contributed by atoms with Crippen molar-refractivity contribution in [2.24, 2.45) is 0 Å². The molecule has 0 N–H and O–H groups in total. The van der Waals surface area contributed by atoms with Crippen molar-refractivity contribution in [2.45, 2.75) is 19.8 Å². The Bertz CT molecular complexity index is 804. The zero-order valence-corrected chi connectivity index (χ0v) is 14.5. The number of carbonyl (C=O) groups excluding carboxylic acids is 2. The summed E-state index contributed by atoms with van der Waals surface area (Å²) in [4.78, 5) is 26.4. The molecule has 1 amide bonds. The van der Waals surface area contributed by atoms with E-state index in [0.717, 1.165) is 0 Å². The largest absolute Gasteiger partial charge is 0.486 e. The van der Waals surface area contributed by atoms with Crippen LogP contribution in [-0.4, -0.2) is 31.4 Å². The average Bonchev–Trinajstić information content (AvgIpc) is 2.67. The number of amides is 1. The van der Waals surface area contributed by atoms with Gasteiger partial charge in [-0.25, -0.2) is 4.39 Å². The third-order valence-corrected chi connectivity index (χ3v) is 4.19. The zero-order chi connectivity index (χ0) is 18.5. The molecule has 0 aliphatic carbocycles. The van der Waals surface area contributed by atoms with E-state index in [1.54, 1.807) is 30.3 Å². The molecular formula is C20H20FNO4. The van der Waals surface area contributed by atoms with Gasteiger partial charge in [-0.3, -0.25) is 9.59 Å². The number of nitrogens with zero attached hydrogens (tertiary/aromatic N) is 1. The number of Topliss-reactive ketones (excluding diaryl/α,β-unsaturated/α-hetero) is 1. The SMILES string of the molecule is CCN(C(=O)CCC(=O)c1ccc2c(c1)OCCO2)c1ccc(F)cc1. The molecule has 1 heterocycles. The number of carbonyl (C=O) groups is 2. The van der Waals surface area contributed by atoms with Crippen molar-refractivity contribution in [3.63, 3.8) is 0 Å². The van der Waals surface area contributed by atoms with Gasteiger partial charge in [0.05, 0.1) is 0 Å². The number of halogens is 1. The molecule has 0 unspecified atom stereocenters. The number of ether oxygens (including phenoxy) is 2. The van der Waals surface area contributed by atoms with Gasteiger partial charge in [-0.15, -0.1) is 0 Å². The highest BCUT2D eigenvalue weighted by Gasteiger charge is 2.18. The maximum atomic E-state index is 13.0. The van der Waals surface area contributed by atoms with Crippen molar-refractivity contribution >= 4 is 17.4 Å². The summed E-state index contributed by atoms with van der Waals surface area (Å²) in [6.45, 7) is 3.23. The number of benzene rings is 2. The number of hydrogen-bond donors (Lipinski definition) is 0.